The van der Waals surface area contributed by atoms with Gasteiger partial charge in [0.25, 0.3) is 0 Å². The molecule has 2 heterocycles. The molecule has 2 aliphatic rings. The Balaban J connectivity index is 1.34. The van der Waals surface area contributed by atoms with E-state index in [0.717, 1.165) is 50.0 Å². The first kappa shape index (κ1) is 16.1. The van der Waals surface area contributed by atoms with E-state index < -0.39 is 0 Å². The summed E-state index contributed by atoms with van der Waals surface area (Å²) in [5, 5.41) is 0. The second-order valence-electron chi connectivity index (χ2n) is 6.44. The molecule has 2 aromatic carbocycles. The predicted octanol–water partition coefficient (Wildman–Crippen LogP) is 2.79. The lowest BCUT2D eigenvalue weighted by atomic mass is 10.1. The first-order valence-corrected chi connectivity index (χ1v) is 8.82. The minimum Gasteiger partial charge on any atom is -0.497 e. The highest BCUT2D eigenvalue weighted by molar-refractivity contribution is 5.57. The van der Waals surface area contributed by atoms with Gasteiger partial charge in [-0.25, -0.2) is 0 Å². The van der Waals surface area contributed by atoms with Gasteiger partial charge in [0.05, 0.1) is 7.11 Å². The number of benzene rings is 2. The van der Waals surface area contributed by atoms with Gasteiger partial charge >= 0.3 is 0 Å². The standard InChI is InChI=1S/C20H24N2O3/c1-23-18-5-2-16(3-6-18)15-21-8-10-22(11-9-21)17-4-7-19-20(14-17)25-13-12-24-19/h2-7,14H,8-13,15H2,1H3. The summed E-state index contributed by atoms with van der Waals surface area (Å²) in [6.45, 7) is 6.41. The fourth-order valence-electron chi connectivity index (χ4n) is 3.38. The topological polar surface area (TPSA) is 34.2 Å². The summed E-state index contributed by atoms with van der Waals surface area (Å²) in [6, 6.07) is 14.6. The van der Waals surface area contributed by atoms with Gasteiger partial charge in [-0.15, -0.1) is 0 Å². The molecular formula is C20H24N2O3. The molecule has 25 heavy (non-hydrogen) atoms. The zero-order chi connectivity index (χ0) is 17.1. The zero-order valence-corrected chi connectivity index (χ0v) is 14.6. The Morgan fingerprint density at radius 1 is 0.880 bits per heavy atom. The van der Waals surface area contributed by atoms with Crippen molar-refractivity contribution in [1.29, 1.82) is 0 Å². The van der Waals surface area contributed by atoms with Crippen molar-refractivity contribution in [3.63, 3.8) is 0 Å². The molecule has 0 aromatic heterocycles. The number of piperazine rings is 1. The molecule has 0 unspecified atom stereocenters. The SMILES string of the molecule is COc1ccc(CN2CCN(c3ccc4c(c3)OCCO4)CC2)cc1. The van der Waals surface area contributed by atoms with E-state index in [4.69, 9.17) is 14.2 Å². The number of rotatable bonds is 4. The summed E-state index contributed by atoms with van der Waals surface area (Å²) in [6.07, 6.45) is 0. The van der Waals surface area contributed by atoms with Crippen LogP contribution < -0.4 is 19.1 Å². The van der Waals surface area contributed by atoms with Crippen LogP contribution in [0.5, 0.6) is 17.2 Å². The van der Waals surface area contributed by atoms with E-state index in [-0.39, 0.29) is 0 Å². The summed E-state index contributed by atoms with van der Waals surface area (Å²) in [5.41, 5.74) is 2.54. The van der Waals surface area contributed by atoms with Gasteiger partial charge in [0.15, 0.2) is 11.5 Å². The Kier molecular flexibility index (Phi) is 4.65. The second kappa shape index (κ2) is 7.23. The largest absolute Gasteiger partial charge is 0.497 e. The first-order chi connectivity index (χ1) is 12.3. The highest BCUT2D eigenvalue weighted by Crippen LogP contribution is 2.34. The number of ether oxygens (including phenoxy) is 3. The summed E-state index contributed by atoms with van der Waals surface area (Å²) < 4.78 is 16.5. The number of anilines is 1. The quantitative estimate of drug-likeness (QED) is 0.855. The maximum absolute atomic E-state index is 5.70. The molecule has 1 fully saturated rings. The minimum atomic E-state index is 0.631. The van der Waals surface area contributed by atoms with Crippen LogP contribution in [0.2, 0.25) is 0 Å². The van der Waals surface area contributed by atoms with Crippen LogP contribution in [0, 0.1) is 0 Å². The molecule has 2 aromatic rings. The fourth-order valence-corrected chi connectivity index (χ4v) is 3.38. The molecule has 4 rings (SSSR count). The molecule has 0 radical (unpaired) electrons. The van der Waals surface area contributed by atoms with Gasteiger partial charge in [0, 0.05) is 44.5 Å². The van der Waals surface area contributed by atoms with Crippen molar-refractivity contribution in [2.24, 2.45) is 0 Å². The van der Waals surface area contributed by atoms with Crippen molar-refractivity contribution in [1.82, 2.24) is 4.90 Å². The van der Waals surface area contributed by atoms with Crippen molar-refractivity contribution in [3.8, 4) is 17.2 Å². The van der Waals surface area contributed by atoms with E-state index >= 15 is 0 Å². The van der Waals surface area contributed by atoms with Crippen LogP contribution in [0.25, 0.3) is 0 Å². The molecule has 0 saturated carbocycles. The van der Waals surface area contributed by atoms with Crippen LogP contribution in [-0.2, 0) is 6.54 Å². The molecule has 132 valence electrons. The van der Waals surface area contributed by atoms with Gasteiger partial charge in [-0.3, -0.25) is 4.90 Å². The number of fused-ring (bicyclic) bond motifs is 1. The van der Waals surface area contributed by atoms with E-state index in [2.05, 4.69) is 34.1 Å². The Hall–Kier alpha value is -2.40. The van der Waals surface area contributed by atoms with Crippen LogP contribution in [0.1, 0.15) is 5.56 Å². The van der Waals surface area contributed by atoms with Gasteiger partial charge in [-0.2, -0.15) is 0 Å². The Morgan fingerprint density at radius 2 is 1.60 bits per heavy atom. The zero-order valence-electron chi connectivity index (χ0n) is 14.6. The van der Waals surface area contributed by atoms with E-state index in [1.165, 1.54) is 11.3 Å². The smallest absolute Gasteiger partial charge is 0.163 e. The summed E-state index contributed by atoms with van der Waals surface area (Å²) >= 11 is 0. The van der Waals surface area contributed by atoms with Crippen molar-refractivity contribution in [2.45, 2.75) is 6.54 Å². The lowest BCUT2D eigenvalue weighted by Gasteiger charge is -2.36. The molecule has 0 amide bonds. The van der Waals surface area contributed by atoms with Gasteiger partial charge in [0.1, 0.15) is 19.0 Å². The third kappa shape index (κ3) is 3.66. The molecule has 0 spiro atoms. The van der Waals surface area contributed by atoms with Gasteiger partial charge in [-0.05, 0) is 29.8 Å². The molecule has 2 aliphatic heterocycles. The van der Waals surface area contributed by atoms with E-state index in [0.29, 0.717) is 13.2 Å². The molecular weight excluding hydrogens is 316 g/mol. The summed E-state index contributed by atoms with van der Waals surface area (Å²) in [5.74, 6) is 2.63. The molecule has 0 aliphatic carbocycles. The van der Waals surface area contributed by atoms with E-state index in [9.17, 15) is 0 Å². The lowest BCUT2D eigenvalue weighted by molar-refractivity contribution is 0.171. The van der Waals surface area contributed by atoms with Crippen LogP contribution in [0.15, 0.2) is 42.5 Å². The van der Waals surface area contributed by atoms with Crippen molar-refractivity contribution in [3.05, 3.63) is 48.0 Å². The van der Waals surface area contributed by atoms with Crippen LogP contribution in [0.3, 0.4) is 0 Å². The van der Waals surface area contributed by atoms with Gasteiger partial charge in [0.2, 0.25) is 0 Å². The normalized spacial score (nSPS) is 17.4. The van der Waals surface area contributed by atoms with E-state index in [1.54, 1.807) is 7.11 Å². The van der Waals surface area contributed by atoms with Crippen LogP contribution >= 0.6 is 0 Å². The third-order valence-electron chi connectivity index (χ3n) is 4.83. The Bertz CT molecular complexity index is 709. The lowest BCUT2D eigenvalue weighted by Crippen LogP contribution is -2.46. The van der Waals surface area contributed by atoms with Crippen LogP contribution in [-0.4, -0.2) is 51.4 Å². The predicted molar refractivity (Wildman–Crippen MR) is 97.9 cm³/mol. The molecule has 5 heteroatoms. The van der Waals surface area contributed by atoms with Gasteiger partial charge < -0.3 is 19.1 Å². The molecule has 0 atom stereocenters. The second-order valence-corrected chi connectivity index (χ2v) is 6.44. The van der Waals surface area contributed by atoms with Crippen molar-refractivity contribution in [2.75, 3.05) is 51.4 Å². The van der Waals surface area contributed by atoms with Crippen molar-refractivity contribution < 1.29 is 14.2 Å². The maximum Gasteiger partial charge on any atom is 0.163 e. The average Bonchev–Trinajstić information content (AvgIpc) is 2.69. The third-order valence-corrected chi connectivity index (χ3v) is 4.83. The number of methoxy groups -OCH3 is 1. The number of hydrogen-bond acceptors (Lipinski definition) is 5. The van der Waals surface area contributed by atoms with E-state index in [1.807, 2.05) is 18.2 Å². The monoisotopic (exact) mass is 340 g/mol. The average molecular weight is 340 g/mol. The molecule has 5 nitrogen and oxygen atoms in total. The van der Waals surface area contributed by atoms with Crippen LogP contribution in [0.4, 0.5) is 5.69 Å². The fraction of sp³-hybridized carbons (Fsp3) is 0.400. The highest BCUT2D eigenvalue weighted by Gasteiger charge is 2.19. The van der Waals surface area contributed by atoms with Gasteiger partial charge in [-0.1, -0.05) is 12.1 Å². The first-order valence-electron chi connectivity index (χ1n) is 8.82. The summed E-state index contributed by atoms with van der Waals surface area (Å²) in [4.78, 5) is 4.92. The Labute approximate surface area is 148 Å². The summed E-state index contributed by atoms with van der Waals surface area (Å²) in [7, 11) is 1.70. The maximum atomic E-state index is 5.70. The number of nitrogens with zero attached hydrogens (tertiary/aromatic N) is 2. The van der Waals surface area contributed by atoms with Crippen molar-refractivity contribution >= 4 is 5.69 Å². The Morgan fingerprint density at radius 3 is 2.32 bits per heavy atom. The number of hydrogen-bond donors (Lipinski definition) is 0. The highest BCUT2D eigenvalue weighted by atomic mass is 16.6. The molecule has 0 bridgehead atoms. The minimum absolute atomic E-state index is 0.631. The molecule has 1 saturated heterocycles. The molecule has 0 N–H and O–H groups in total.